The first-order chi connectivity index (χ1) is 10.1. The molecule has 0 aliphatic carbocycles. The van der Waals surface area contributed by atoms with Gasteiger partial charge in [-0.05, 0) is 48.9 Å². The Kier molecular flexibility index (Phi) is 5.66. The van der Waals surface area contributed by atoms with Crippen LogP contribution in [0.4, 0.5) is 0 Å². The van der Waals surface area contributed by atoms with Gasteiger partial charge >= 0.3 is 0 Å². The summed E-state index contributed by atoms with van der Waals surface area (Å²) in [6.45, 7) is 9.08. The Balaban J connectivity index is 1.96. The van der Waals surface area contributed by atoms with E-state index >= 15 is 0 Å². The molecule has 1 aromatic carbocycles. The average molecular weight is 289 g/mol. The van der Waals surface area contributed by atoms with Crippen LogP contribution in [-0.2, 0) is 0 Å². The maximum Gasteiger partial charge on any atom is 0.253 e. The van der Waals surface area contributed by atoms with Gasteiger partial charge in [0.2, 0.25) is 0 Å². The highest BCUT2D eigenvalue weighted by molar-refractivity contribution is 5.94. The van der Waals surface area contributed by atoms with Crippen molar-refractivity contribution < 1.29 is 9.53 Å². The third-order valence-electron chi connectivity index (χ3n) is 4.02. The van der Waals surface area contributed by atoms with Crippen LogP contribution >= 0.6 is 0 Å². The lowest BCUT2D eigenvalue weighted by Crippen LogP contribution is -2.42. The van der Waals surface area contributed by atoms with Crippen LogP contribution in [0.2, 0.25) is 0 Å². The summed E-state index contributed by atoms with van der Waals surface area (Å²) in [5.41, 5.74) is 0.763. The van der Waals surface area contributed by atoms with Crippen molar-refractivity contribution in [2.75, 3.05) is 19.7 Å². The van der Waals surface area contributed by atoms with Gasteiger partial charge in [-0.1, -0.05) is 27.2 Å². The minimum absolute atomic E-state index is 0.147. The normalized spacial score (nSPS) is 22.1. The molecule has 21 heavy (non-hydrogen) atoms. The standard InChI is InChI=1S/C18H27NO2/c1-4-5-10-21-17-8-6-16(7-9-17)18(20)19-12-14(2)11-15(3)13-19/h6-9,14-15H,4-5,10-13H2,1-3H3. The van der Waals surface area contributed by atoms with Crippen LogP contribution in [0.3, 0.4) is 0 Å². The molecule has 0 N–H and O–H groups in total. The van der Waals surface area contributed by atoms with E-state index in [1.165, 1.54) is 6.42 Å². The second-order valence-corrected chi connectivity index (χ2v) is 6.38. The summed E-state index contributed by atoms with van der Waals surface area (Å²) >= 11 is 0. The molecule has 1 saturated heterocycles. The third kappa shape index (κ3) is 4.48. The monoisotopic (exact) mass is 289 g/mol. The number of unbranched alkanes of at least 4 members (excludes halogenated alkanes) is 1. The van der Waals surface area contributed by atoms with Crippen LogP contribution in [0.1, 0.15) is 50.4 Å². The highest BCUT2D eigenvalue weighted by Crippen LogP contribution is 2.23. The minimum atomic E-state index is 0.147. The lowest BCUT2D eigenvalue weighted by Gasteiger charge is -2.35. The fourth-order valence-corrected chi connectivity index (χ4v) is 3.04. The van der Waals surface area contributed by atoms with Crippen molar-refractivity contribution >= 4 is 5.91 Å². The smallest absolute Gasteiger partial charge is 0.253 e. The SMILES string of the molecule is CCCCOc1ccc(C(=O)N2CC(C)CC(C)C2)cc1. The number of amides is 1. The van der Waals surface area contributed by atoms with Gasteiger partial charge in [-0.25, -0.2) is 0 Å². The molecule has 1 aliphatic heterocycles. The van der Waals surface area contributed by atoms with Crippen molar-refractivity contribution in [2.45, 2.75) is 40.0 Å². The van der Waals surface area contributed by atoms with Gasteiger partial charge in [0.05, 0.1) is 6.61 Å². The van der Waals surface area contributed by atoms with Crippen molar-refractivity contribution in [2.24, 2.45) is 11.8 Å². The van der Waals surface area contributed by atoms with E-state index < -0.39 is 0 Å². The van der Waals surface area contributed by atoms with Gasteiger partial charge in [-0.15, -0.1) is 0 Å². The zero-order chi connectivity index (χ0) is 15.2. The molecule has 1 aromatic rings. The Morgan fingerprint density at radius 1 is 1.19 bits per heavy atom. The highest BCUT2D eigenvalue weighted by Gasteiger charge is 2.25. The van der Waals surface area contributed by atoms with Crippen LogP contribution in [0.25, 0.3) is 0 Å². The number of nitrogens with zero attached hydrogens (tertiary/aromatic N) is 1. The maximum absolute atomic E-state index is 12.5. The summed E-state index contributed by atoms with van der Waals surface area (Å²) in [7, 11) is 0. The molecule has 0 bridgehead atoms. The molecule has 3 nitrogen and oxygen atoms in total. The molecule has 1 heterocycles. The number of likely N-dealkylation sites (tertiary alicyclic amines) is 1. The van der Waals surface area contributed by atoms with Crippen molar-refractivity contribution in [1.29, 1.82) is 0 Å². The molecular formula is C18H27NO2. The van der Waals surface area contributed by atoms with E-state index in [1.54, 1.807) is 0 Å². The third-order valence-corrected chi connectivity index (χ3v) is 4.02. The van der Waals surface area contributed by atoms with Crippen LogP contribution in [-0.4, -0.2) is 30.5 Å². The summed E-state index contributed by atoms with van der Waals surface area (Å²) in [6, 6.07) is 7.57. The highest BCUT2D eigenvalue weighted by atomic mass is 16.5. The number of hydrogen-bond acceptors (Lipinski definition) is 2. The molecule has 2 unspecified atom stereocenters. The largest absolute Gasteiger partial charge is 0.494 e. The van der Waals surface area contributed by atoms with Crippen molar-refractivity contribution in [3.63, 3.8) is 0 Å². The van der Waals surface area contributed by atoms with E-state index in [1.807, 2.05) is 29.2 Å². The maximum atomic E-state index is 12.5. The van der Waals surface area contributed by atoms with Gasteiger partial charge in [-0.3, -0.25) is 4.79 Å². The number of benzene rings is 1. The Morgan fingerprint density at radius 2 is 1.81 bits per heavy atom. The zero-order valence-electron chi connectivity index (χ0n) is 13.5. The van der Waals surface area contributed by atoms with Gasteiger partial charge in [-0.2, -0.15) is 0 Å². The van der Waals surface area contributed by atoms with E-state index in [-0.39, 0.29) is 5.91 Å². The number of carbonyl (C=O) groups is 1. The van der Waals surface area contributed by atoms with E-state index in [0.29, 0.717) is 11.8 Å². The van der Waals surface area contributed by atoms with Crippen LogP contribution < -0.4 is 4.74 Å². The Hall–Kier alpha value is -1.51. The number of carbonyl (C=O) groups excluding carboxylic acids is 1. The molecule has 1 fully saturated rings. The number of hydrogen-bond donors (Lipinski definition) is 0. The van der Waals surface area contributed by atoms with Crippen LogP contribution in [0.15, 0.2) is 24.3 Å². The lowest BCUT2D eigenvalue weighted by molar-refractivity contribution is 0.0623. The van der Waals surface area contributed by atoms with Gasteiger partial charge < -0.3 is 9.64 Å². The average Bonchev–Trinajstić information content (AvgIpc) is 2.46. The molecule has 0 aromatic heterocycles. The summed E-state index contributed by atoms with van der Waals surface area (Å²) < 4.78 is 5.64. The molecule has 2 atom stereocenters. The quantitative estimate of drug-likeness (QED) is 0.767. The van der Waals surface area contributed by atoms with Crippen LogP contribution in [0, 0.1) is 11.8 Å². The molecule has 0 saturated carbocycles. The predicted octanol–water partition coefficient (Wildman–Crippen LogP) is 3.98. The molecule has 0 radical (unpaired) electrons. The summed E-state index contributed by atoms with van der Waals surface area (Å²) in [5.74, 6) is 2.18. The Labute approximate surface area is 128 Å². The van der Waals surface area contributed by atoms with Crippen molar-refractivity contribution in [3.05, 3.63) is 29.8 Å². The Bertz CT molecular complexity index is 445. The first kappa shape index (κ1) is 15.9. The fourth-order valence-electron chi connectivity index (χ4n) is 3.04. The van der Waals surface area contributed by atoms with E-state index in [4.69, 9.17) is 4.74 Å². The molecule has 1 aliphatic rings. The predicted molar refractivity (Wildman–Crippen MR) is 85.7 cm³/mol. The van der Waals surface area contributed by atoms with E-state index in [0.717, 1.165) is 43.9 Å². The second kappa shape index (κ2) is 7.48. The van der Waals surface area contributed by atoms with Gasteiger partial charge in [0.15, 0.2) is 0 Å². The van der Waals surface area contributed by atoms with Gasteiger partial charge in [0.25, 0.3) is 5.91 Å². The topological polar surface area (TPSA) is 29.5 Å². The number of piperidine rings is 1. The summed E-state index contributed by atoms with van der Waals surface area (Å²) in [6.07, 6.45) is 3.40. The summed E-state index contributed by atoms with van der Waals surface area (Å²) in [4.78, 5) is 14.5. The van der Waals surface area contributed by atoms with Crippen molar-refractivity contribution in [3.8, 4) is 5.75 Å². The minimum Gasteiger partial charge on any atom is -0.494 e. The first-order valence-electron chi connectivity index (χ1n) is 8.12. The molecule has 116 valence electrons. The zero-order valence-corrected chi connectivity index (χ0v) is 13.5. The van der Waals surface area contributed by atoms with Crippen LogP contribution in [0.5, 0.6) is 5.75 Å². The number of rotatable bonds is 5. The first-order valence-corrected chi connectivity index (χ1v) is 8.12. The lowest BCUT2D eigenvalue weighted by atomic mass is 9.91. The molecular weight excluding hydrogens is 262 g/mol. The Morgan fingerprint density at radius 3 is 2.38 bits per heavy atom. The molecule has 0 spiro atoms. The fraction of sp³-hybridized carbons (Fsp3) is 0.611. The molecule has 1 amide bonds. The van der Waals surface area contributed by atoms with E-state index in [2.05, 4.69) is 20.8 Å². The molecule has 3 heteroatoms. The van der Waals surface area contributed by atoms with Gasteiger partial charge in [0.1, 0.15) is 5.75 Å². The second-order valence-electron chi connectivity index (χ2n) is 6.38. The van der Waals surface area contributed by atoms with Crippen molar-refractivity contribution in [1.82, 2.24) is 4.90 Å². The van der Waals surface area contributed by atoms with Gasteiger partial charge in [0, 0.05) is 18.7 Å². The number of ether oxygens (including phenoxy) is 1. The van der Waals surface area contributed by atoms with E-state index in [9.17, 15) is 4.79 Å². The summed E-state index contributed by atoms with van der Waals surface area (Å²) in [5, 5.41) is 0. The molecule has 2 rings (SSSR count).